The Morgan fingerprint density at radius 2 is 2.09 bits per heavy atom. The molecule has 1 N–H and O–H groups in total. The van der Waals surface area contributed by atoms with E-state index in [2.05, 4.69) is 6.07 Å². The zero-order chi connectivity index (χ0) is 15.6. The lowest BCUT2D eigenvalue weighted by atomic mass is 9.96. The highest BCUT2D eigenvalue weighted by molar-refractivity contribution is 5.77. The molecule has 0 aromatic heterocycles. The standard InChI is InChI=1S/C18H25NO3/c1-22-16-7-3-2-6-15(16)14-8-11-19(13-14)17(20)12-18(21)9-4-5-10-18/h2-3,6-7,14,21H,4-5,8-13H2,1H3. The van der Waals surface area contributed by atoms with E-state index < -0.39 is 5.60 Å². The maximum Gasteiger partial charge on any atom is 0.225 e. The number of carbonyl (C=O) groups is 1. The molecule has 1 aliphatic carbocycles. The number of nitrogens with zero attached hydrogens (tertiary/aromatic N) is 1. The number of rotatable bonds is 4. The van der Waals surface area contributed by atoms with Gasteiger partial charge in [0.05, 0.1) is 19.1 Å². The normalized spacial score (nSPS) is 23.7. The Balaban J connectivity index is 1.63. The number of benzene rings is 1. The Hall–Kier alpha value is -1.55. The lowest BCUT2D eigenvalue weighted by molar-refractivity contribution is -0.135. The first-order chi connectivity index (χ1) is 10.6. The molecular formula is C18H25NO3. The number of aliphatic hydroxyl groups is 1. The zero-order valence-corrected chi connectivity index (χ0v) is 13.3. The quantitative estimate of drug-likeness (QED) is 0.930. The molecule has 4 heteroatoms. The number of ether oxygens (including phenoxy) is 1. The Kier molecular flexibility index (Phi) is 4.39. The molecule has 1 amide bonds. The summed E-state index contributed by atoms with van der Waals surface area (Å²) < 4.78 is 5.43. The minimum absolute atomic E-state index is 0.0989. The molecule has 2 fully saturated rings. The fraction of sp³-hybridized carbons (Fsp3) is 0.611. The number of methoxy groups -OCH3 is 1. The predicted molar refractivity (Wildman–Crippen MR) is 85.0 cm³/mol. The van der Waals surface area contributed by atoms with E-state index in [1.807, 2.05) is 23.1 Å². The molecule has 0 radical (unpaired) electrons. The van der Waals surface area contributed by atoms with Crippen molar-refractivity contribution in [3.05, 3.63) is 29.8 Å². The van der Waals surface area contributed by atoms with E-state index in [9.17, 15) is 9.90 Å². The van der Waals surface area contributed by atoms with Crippen molar-refractivity contribution in [3.8, 4) is 5.75 Å². The lowest BCUT2D eigenvalue weighted by Crippen LogP contribution is -2.36. The van der Waals surface area contributed by atoms with E-state index in [1.54, 1.807) is 7.11 Å². The van der Waals surface area contributed by atoms with Crippen LogP contribution in [0.25, 0.3) is 0 Å². The summed E-state index contributed by atoms with van der Waals surface area (Å²) in [5, 5.41) is 10.4. The van der Waals surface area contributed by atoms with Crippen molar-refractivity contribution in [1.29, 1.82) is 0 Å². The van der Waals surface area contributed by atoms with Crippen LogP contribution in [0, 0.1) is 0 Å². The smallest absolute Gasteiger partial charge is 0.225 e. The molecule has 1 saturated heterocycles. The highest BCUT2D eigenvalue weighted by atomic mass is 16.5. The number of hydrogen-bond donors (Lipinski definition) is 1. The fourth-order valence-corrected chi connectivity index (χ4v) is 3.85. The van der Waals surface area contributed by atoms with Crippen molar-refractivity contribution in [2.45, 2.75) is 50.0 Å². The first-order valence-electron chi connectivity index (χ1n) is 8.24. The fourth-order valence-electron chi connectivity index (χ4n) is 3.85. The van der Waals surface area contributed by atoms with E-state index in [1.165, 1.54) is 5.56 Å². The number of likely N-dealkylation sites (tertiary alicyclic amines) is 1. The highest BCUT2D eigenvalue weighted by Gasteiger charge is 2.37. The van der Waals surface area contributed by atoms with Gasteiger partial charge in [-0.25, -0.2) is 0 Å². The van der Waals surface area contributed by atoms with Crippen molar-refractivity contribution in [3.63, 3.8) is 0 Å². The van der Waals surface area contributed by atoms with Crippen LogP contribution in [-0.2, 0) is 4.79 Å². The second-order valence-corrected chi connectivity index (χ2v) is 6.68. The van der Waals surface area contributed by atoms with Gasteiger partial charge in [-0.3, -0.25) is 4.79 Å². The molecule has 1 saturated carbocycles. The van der Waals surface area contributed by atoms with E-state index in [0.717, 1.165) is 50.9 Å². The molecule has 120 valence electrons. The van der Waals surface area contributed by atoms with Gasteiger partial charge >= 0.3 is 0 Å². The van der Waals surface area contributed by atoms with E-state index >= 15 is 0 Å². The third-order valence-electron chi connectivity index (χ3n) is 5.13. The third kappa shape index (κ3) is 3.12. The van der Waals surface area contributed by atoms with Gasteiger partial charge in [-0.15, -0.1) is 0 Å². The first-order valence-corrected chi connectivity index (χ1v) is 8.24. The minimum atomic E-state index is -0.750. The van der Waals surface area contributed by atoms with Crippen LogP contribution in [0.2, 0.25) is 0 Å². The van der Waals surface area contributed by atoms with Gasteiger partial charge in [0, 0.05) is 19.0 Å². The van der Waals surface area contributed by atoms with Crippen molar-refractivity contribution < 1.29 is 14.6 Å². The van der Waals surface area contributed by atoms with Crippen LogP contribution in [0.15, 0.2) is 24.3 Å². The molecule has 1 aromatic carbocycles. The van der Waals surface area contributed by atoms with Crippen LogP contribution < -0.4 is 4.74 Å². The summed E-state index contributed by atoms with van der Waals surface area (Å²) in [6, 6.07) is 8.04. The molecule has 22 heavy (non-hydrogen) atoms. The van der Waals surface area contributed by atoms with E-state index in [4.69, 9.17) is 4.74 Å². The van der Waals surface area contributed by atoms with Crippen molar-refractivity contribution >= 4 is 5.91 Å². The molecule has 1 atom stereocenters. The van der Waals surface area contributed by atoms with Gasteiger partial charge in [-0.05, 0) is 30.9 Å². The van der Waals surface area contributed by atoms with Crippen LogP contribution >= 0.6 is 0 Å². The molecule has 1 unspecified atom stereocenters. The van der Waals surface area contributed by atoms with Crippen LogP contribution in [0.1, 0.15) is 50.0 Å². The summed E-state index contributed by atoms with van der Waals surface area (Å²) >= 11 is 0. The Labute approximate surface area is 132 Å². The third-order valence-corrected chi connectivity index (χ3v) is 5.13. The molecule has 1 aliphatic heterocycles. The predicted octanol–water partition coefficient (Wildman–Crippen LogP) is 2.71. The topological polar surface area (TPSA) is 49.8 Å². The molecule has 0 spiro atoms. The largest absolute Gasteiger partial charge is 0.496 e. The van der Waals surface area contributed by atoms with Crippen LogP contribution in [-0.4, -0.2) is 41.7 Å². The second-order valence-electron chi connectivity index (χ2n) is 6.68. The number of hydrogen-bond acceptors (Lipinski definition) is 3. The van der Waals surface area contributed by atoms with Gasteiger partial charge in [0.15, 0.2) is 0 Å². The molecule has 0 bridgehead atoms. The van der Waals surface area contributed by atoms with E-state index in [-0.39, 0.29) is 12.3 Å². The molecule has 1 heterocycles. The van der Waals surface area contributed by atoms with Gasteiger partial charge in [-0.1, -0.05) is 31.0 Å². The van der Waals surface area contributed by atoms with Gasteiger partial charge in [-0.2, -0.15) is 0 Å². The van der Waals surface area contributed by atoms with Crippen molar-refractivity contribution in [2.75, 3.05) is 20.2 Å². The summed E-state index contributed by atoms with van der Waals surface area (Å²) in [6.07, 6.45) is 4.85. The van der Waals surface area contributed by atoms with Gasteiger partial charge in [0.25, 0.3) is 0 Å². The summed E-state index contributed by atoms with van der Waals surface area (Å²) in [7, 11) is 1.69. The van der Waals surface area contributed by atoms with E-state index in [0.29, 0.717) is 5.92 Å². The molecular weight excluding hydrogens is 278 g/mol. The minimum Gasteiger partial charge on any atom is -0.496 e. The highest BCUT2D eigenvalue weighted by Crippen LogP contribution is 2.36. The number of amides is 1. The average molecular weight is 303 g/mol. The summed E-state index contributed by atoms with van der Waals surface area (Å²) in [5.74, 6) is 1.33. The first kappa shape index (κ1) is 15.3. The molecule has 1 aromatic rings. The zero-order valence-electron chi connectivity index (χ0n) is 13.3. The van der Waals surface area contributed by atoms with Crippen LogP contribution in [0.5, 0.6) is 5.75 Å². The summed E-state index contributed by atoms with van der Waals surface area (Å²) in [5.41, 5.74) is 0.430. The molecule has 4 nitrogen and oxygen atoms in total. The molecule has 3 rings (SSSR count). The Morgan fingerprint density at radius 1 is 1.36 bits per heavy atom. The Bertz CT molecular complexity index is 537. The summed E-state index contributed by atoms with van der Waals surface area (Å²) in [4.78, 5) is 14.4. The average Bonchev–Trinajstić information content (AvgIpc) is 3.16. The number of para-hydroxylation sites is 1. The Morgan fingerprint density at radius 3 is 2.82 bits per heavy atom. The SMILES string of the molecule is COc1ccccc1C1CCN(C(=O)CC2(O)CCCC2)C1. The monoisotopic (exact) mass is 303 g/mol. The van der Waals surface area contributed by atoms with Gasteiger partial charge in [0.2, 0.25) is 5.91 Å². The molecule has 2 aliphatic rings. The van der Waals surface area contributed by atoms with Crippen molar-refractivity contribution in [1.82, 2.24) is 4.90 Å². The van der Waals surface area contributed by atoms with Gasteiger partial charge < -0.3 is 14.7 Å². The lowest BCUT2D eigenvalue weighted by Gasteiger charge is -2.25. The summed E-state index contributed by atoms with van der Waals surface area (Å²) in [6.45, 7) is 1.51. The van der Waals surface area contributed by atoms with Crippen LogP contribution in [0.3, 0.4) is 0 Å². The van der Waals surface area contributed by atoms with Crippen molar-refractivity contribution in [2.24, 2.45) is 0 Å². The van der Waals surface area contributed by atoms with Crippen LogP contribution in [0.4, 0.5) is 0 Å². The van der Waals surface area contributed by atoms with Gasteiger partial charge in [0.1, 0.15) is 5.75 Å². The maximum absolute atomic E-state index is 12.5. The number of carbonyl (C=O) groups excluding carboxylic acids is 1. The maximum atomic E-state index is 12.5. The second kappa shape index (κ2) is 6.29.